The zero-order chi connectivity index (χ0) is 24.6. The molecule has 176 valence electrons. The van der Waals surface area contributed by atoms with Crippen molar-refractivity contribution in [3.63, 3.8) is 0 Å². The first-order valence-electron chi connectivity index (χ1n) is 10.1. The molecule has 3 aromatic rings. The molecule has 1 atom stereocenters. The van der Waals surface area contributed by atoms with Crippen LogP contribution in [0.5, 0.6) is 5.75 Å². The number of halogens is 4. The summed E-state index contributed by atoms with van der Waals surface area (Å²) in [6, 6.07) is 9.93. The molecule has 6 nitrogen and oxygen atoms in total. The van der Waals surface area contributed by atoms with Gasteiger partial charge >= 0.3 is 6.18 Å². The molecule has 0 spiro atoms. The van der Waals surface area contributed by atoms with Gasteiger partial charge in [-0.3, -0.25) is 14.5 Å². The molecule has 1 amide bonds. The Morgan fingerprint density at radius 1 is 1.15 bits per heavy atom. The number of aliphatic hydroxyl groups excluding tert-OH is 1. The van der Waals surface area contributed by atoms with Crippen molar-refractivity contribution in [3.8, 4) is 5.75 Å². The first kappa shape index (κ1) is 23.4. The number of nitrogens with zero attached hydrogens (tertiary/aromatic N) is 1. The van der Waals surface area contributed by atoms with E-state index in [1.807, 2.05) is 0 Å². The molecule has 4 rings (SSSR count). The molecule has 2 heterocycles. The summed E-state index contributed by atoms with van der Waals surface area (Å²) in [6.07, 6.45) is -3.25. The molecule has 1 unspecified atom stereocenters. The SMILES string of the molecule is CCOc1cc(/C(O)=C2/C(=O)C(=O)N(c3ccc(C(F)(F)F)cc3)C2c2ccco2)ccc1Cl. The van der Waals surface area contributed by atoms with E-state index in [1.165, 1.54) is 36.6 Å². The van der Waals surface area contributed by atoms with Gasteiger partial charge in [0.05, 0.1) is 29.0 Å². The molecule has 0 bridgehead atoms. The highest BCUT2D eigenvalue weighted by Crippen LogP contribution is 2.43. The van der Waals surface area contributed by atoms with E-state index in [1.54, 1.807) is 6.92 Å². The molecule has 2 aromatic carbocycles. The van der Waals surface area contributed by atoms with Crippen molar-refractivity contribution in [3.05, 3.63) is 88.3 Å². The third-order valence-electron chi connectivity index (χ3n) is 5.23. The van der Waals surface area contributed by atoms with Crippen LogP contribution in [-0.4, -0.2) is 23.4 Å². The Hall–Kier alpha value is -3.72. The standard InChI is InChI=1S/C24H17ClF3NO5/c1-2-33-18-12-13(5-10-16(18)25)21(30)19-20(17-4-3-11-34-17)29(23(32)22(19)31)15-8-6-14(7-9-15)24(26,27)28/h3-12,20,30H,2H2,1H3/b21-19-. The molecule has 1 aliphatic rings. The summed E-state index contributed by atoms with van der Waals surface area (Å²) < 4.78 is 49.8. The summed E-state index contributed by atoms with van der Waals surface area (Å²) in [6.45, 7) is 2.05. The van der Waals surface area contributed by atoms with Crippen molar-refractivity contribution in [2.75, 3.05) is 11.5 Å². The number of Topliss-reactive ketones (excluding diaryl/α,β-unsaturated/α-hetero) is 1. The zero-order valence-electron chi connectivity index (χ0n) is 17.6. The minimum Gasteiger partial charge on any atom is -0.507 e. The number of carbonyl (C=O) groups excluding carboxylic acids is 2. The van der Waals surface area contributed by atoms with Crippen molar-refractivity contribution in [2.24, 2.45) is 0 Å². The van der Waals surface area contributed by atoms with Gasteiger partial charge < -0.3 is 14.3 Å². The third kappa shape index (κ3) is 4.14. The summed E-state index contributed by atoms with van der Waals surface area (Å²) in [4.78, 5) is 27.0. The molecule has 1 saturated heterocycles. The molecule has 0 radical (unpaired) electrons. The average molecular weight is 492 g/mol. The lowest BCUT2D eigenvalue weighted by molar-refractivity contribution is -0.137. The first-order chi connectivity index (χ1) is 16.1. The number of anilines is 1. The van der Waals surface area contributed by atoms with Crippen molar-refractivity contribution in [2.45, 2.75) is 19.1 Å². The lowest BCUT2D eigenvalue weighted by Crippen LogP contribution is -2.29. The predicted octanol–water partition coefficient (Wildman–Crippen LogP) is 5.98. The summed E-state index contributed by atoms with van der Waals surface area (Å²) in [5, 5.41) is 11.4. The Labute approximate surface area is 196 Å². The van der Waals surface area contributed by atoms with Crippen LogP contribution in [-0.2, 0) is 15.8 Å². The molecule has 0 aliphatic carbocycles. The van der Waals surface area contributed by atoms with Gasteiger partial charge in [-0.1, -0.05) is 11.6 Å². The summed E-state index contributed by atoms with van der Waals surface area (Å²) in [5.41, 5.74) is -1.01. The number of hydrogen-bond donors (Lipinski definition) is 1. The van der Waals surface area contributed by atoms with E-state index in [0.29, 0.717) is 6.61 Å². The number of aliphatic hydroxyl groups is 1. The fraction of sp³-hybridized carbons (Fsp3) is 0.167. The van der Waals surface area contributed by atoms with Crippen LogP contribution in [0.3, 0.4) is 0 Å². The van der Waals surface area contributed by atoms with Gasteiger partial charge in [0.15, 0.2) is 0 Å². The zero-order valence-corrected chi connectivity index (χ0v) is 18.4. The summed E-state index contributed by atoms with van der Waals surface area (Å²) >= 11 is 6.10. The number of rotatable bonds is 5. The smallest absolute Gasteiger partial charge is 0.416 e. The normalized spacial score (nSPS) is 17.9. The number of ether oxygens (including phenoxy) is 1. The van der Waals surface area contributed by atoms with Crippen LogP contribution in [0, 0.1) is 0 Å². The maximum absolute atomic E-state index is 13.0. The van der Waals surface area contributed by atoms with Crippen LogP contribution in [0.2, 0.25) is 5.02 Å². The monoisotopic (exact) mass is 491 g/mol. The van der Waals surface area contributed by atoms with E-state index in [4.69, 9.17) is 20.8 Å². The largest absolute Gasteiger partial charge is 0.507 e. The van der Waals surface area contributed by atoms with Crippen LogP contribution in [0.15, 0.2) is 70.9 Å². The Morgan fingerprint density at radius 3 is 2.44 bits per heavy atom. The Balaban J connectivity index is 1.86. The van der Waals surface area contributed by atoms with Crippen LogP contribution < -0.4 is 9.64 Å². The number of furan rings is 1. The van der Waals surface area contributed by atoms with Gasteiger partial charge in [-0.15, -0.1) is 0 Å². The lowest BCUT2D eigenvalue weighted by Gasteiger charge is -2.23. The molecule has 1 aromatic heterocycles. The second-order valence-corrected chi connectivity index (χ2v) is 7.71. The van der Waals surface area contributed by atoms with Crippen LogP contribution in [0.1, 0.15) is 29.9 Å². The number of benzene rings is 2. The number of hydrogen-bond acceptors (Lipinski definition) is 5. The highest BCUT2D eigenvalue weighted by Gasteiger charge is 2.48. The lowest BCUT2D eigenvalue weighted by atomic mass is 9.99. The van der Waals surface area contributed by atoms with Gasteiger partial charge in [0.25, 0.3) is 11.7 Å². The van der Waals surface area contributed by atoms with Gasteiger partial charge in [-0.2, -0.15) is 13.2 Å². The van der Waals surface area contributed by atoms with Crippen molar-refractivity contribution >= 4 is 34.7 Å². The first-order valence-corrected chi connectivity index (χ1v) is 10.5. The molecule has 34 heavy (non-hydrogen) atoms. The van der Waals surface area contributed by atoms with E-state index in [-0.39, 0.29) is 33.4 Å². The Bertz CT molecular complexity index is 1270. The van der Waals surface area contributed by atoms with Gasteiger partial charge in [-0.25, -0.2) is 0 Å². The Morgan fingerprint density at radius 2 is 1.85 bits per heavy atom. The number of ketones is 1. The molecule has 1 N–H and O–H groups in total. The van der Waals surface area contributed by atoms with Gasteiger partial charge in [0.1, 0.15) is 23.3 Å². The molecule has 0 saturated carbocycles. The van der Waals surface area contributed by atoms with Gasteiger partial charge in [0.2, 0.25) is 0 Å². The van der Waals surface area contributed by atoms with E-state index in [2.05, 4.69) is 0 Å². The maximum atomic E-state index is 13.0. The summed E-state index contributed by atoms with van der Waals surface area (Å²) in [5.74, 6) is -2.15. The quantitative estimate of drug-likeness (QED) is 0.270. The van der Waals surface area contributed by atoms with Crippen LogP contribution in [0.25, 0.3) is 5.76 Å². The highest BCUT2D eigenvalue weighted by molar-refractivity contribution is 6.51. The van der Waals surface area contributed by atoms with Crippen LogP contribution in [0.4, 0.5) is 18.9 Å². The topological polar surface area (TPSA) is 80.0 Å². The predicted molar refractivity (Wildman–Crippen MR) is 118 cm³/mol. The number of carbonyl (C=O) groups is 2. The molecule has 1 aliphatic heterocycles. The average Bonchev–Trinajstić information content (AvgIpc) is 3.41. The van der Waals surface area contributed by atoms with Crippen molar-refractivity contribution in [1.82, 2.24) is 0 Å². The van der Waals surface area contributed by atoms with E-state index in [9.17, 15) is 27.9 Å². The minimum atomic E-state index is -4.57. The molecule has 10 heteroatoms. The molecular weight excluding hydrogens is 475 g/mol. The molecular formula is C24H17ClF3NO5. The second kappa shape index (κ2) is 8.90. The summed E-state index contributed by atoms with van der Waals surface area (Å²) in [7, 11) is 0. The van der Waals surface area contributed by atoms with Gasteiger partial charge in [-0.05, 0) is 61.5 Å². The van der Waals surface area contributed by atoms with E-state index >= 15 is 0 Å². The number of alkyl halides is 3. The third-order valence-corrected chi connectivity index (χ3v) is 5.55. The fourth-order valence-corrected chi connectivity index (χ4v) is 3.87. The molecule has 1 fully saturated rings. The Kier molecular flexibility index (Phi) is 6.14. The second-order valence-electron chi connectivity index (χ2n) is 7.31. The van der Waals surface area contributed by atoms with Gasteiger partial charge in [0, 0.05) is 11.3 Å². The highest BCUT2D eigenvalue weighted by atomic mass is 35.5. The van der Waals surface area contributed by atoms with E-state index < -0.39 is 35.2 Å². The van der Waals surface area contributed by atoms with Crippen molar-refractivity contribution < 1.29 is 37.0 Å². The van der Waals surface area contributed by atoms with Crippen LogP contribution >= 0.6 is 11.6 Å². The fourth-order valence-electron chi connectivity index (χ4n) is 3.70. The van der Waals surface area contributed by atoms with Crippen molar-refractivity contribution in [1.29, 1.82) is 0 Å². The van der Waals surface area contributed by atoms with E-state index in [0.717, 1.165) is 29.2 Å². The maximum Gasteiger partial charge on any atom is 0.416 e. The minimum absolute atomic E-state index is 0.0293. The number of amides is 1.